The predicted octanol–water partition coefficient (Wildman–Crippen LogP) is 0.739. The lowest BCUT2D eigenvalue weighted by Gasteiger charge is -2.17. The lowest BCUT2D eigenvalue weighted by molar-refractivity contribution is -0.126. The van der Waals surface area contributed by atoms with Gasteiger partial charge < -0.3 is 20.2 Å². The number of hydrogen-bond acceptors (Lipinski definition) is 4. The third-order valence-corrected chi connectivity index (χ3v) is 3.01. The third-order valence-electron chi connectivity index (χ3n) is 3.01. The van der Waals surface area contributed by atoms with E-state index in [-0.39, 0.29) is 23.9 Å². The molecule has 5 heteroatoms. The summed E-state index contributed by atoms with van der Waals surface area (Å²) in [5, 5.41) is 2.89. The van der Waals surface area contributed by atoms with Gasteiger partial charge in [-0.15, -0.1) is 0 Å². The number of aryl methyl sites for hydroxylation is 1. The molecule has 3 N–H and O–H groups in total. The Morgan fingerprint density at radius 3 is 2.82 bits per heavy atom. The number of amides is 1. The van der Waals surface area contributed by atoms with Gasteiger partial charge in [0.1, 0.15) is 11.5 Å². The first-order valence-electron chi connectivity index (χ1n) is 5.78. The maximum absolute atomic E-state index is 11.9. The molecule has 3 unspecified atom stereocenters. The second-order valence-electron chi connectivity index (χ2n) is 4.49. The molecule has 5 nitrogen and oxygen atoms in total. The molecule has 1 fully saturated rings. The van der Waals surface area contributed by atoms with Crippen LogP contribution in [0.25, 0.3) is 0 Å². The van der Waals surface area contributed by atoms with Gasteiger partial charge in [-0.2, -0.15) is 0 Å². The summed E-state index contributed by atoms with van der Waals surface area (Å²) in [5.74, 6) is 1.26. The van der Waals surface area contributed by atoms with Crippen LogP contribution in [0.2, 0.25) is 0 Å². The minimum atomic E-state index is -0.256. The fourth-order valence-electron chi connectivity index (χ4n) is 1.92. The summed E-state index contributed by atoms with van der Waals surface area (Å²) in [6, 6.07) is 3.39. The van der Waals surface area contributed by atoms with Crippen molar-refractivity contribution in [3.8, 4) is 0 Å². The van der Waals surface area contributed by atoms with Gasteiger partial charge in [0, 0.05) is 6.04 Å². The zero-order valence-corrected chi connectivity index (χ0v) is 10.1. The topological polar surface area (TPSA) is 77.5 Å². The Hall–Kier alpha value is -1.33. The molecule has 3 atom stereocenters. The first kappa shape index (κ1) is 12.1. The Kier molecular flexibility index (Phi) is 3.49. The largest absolute Gasteiger partial charge is 0.464 e. The van der Waals surface area contributed by atoms with Crippen LogP contribution in [0.3, 0.4) is 0 Å². The summed E-state index contributed by atoms with van der Waals surface area (Å²) in [7, 11) is 0. The average molecular weight is 238 g/mol. The Balaban J connectivity index is 1.94. The van der Waals surface area contributed by atoms with E-state index < -0.39 is 0 Å². The normalized spacial score (nSPS) is 25.8. The van der Waals surface area contributed by atoms with E-state index >= 15 is 0 Å². The van der Waals surface area contributed by atoms with Crippen LogP contribution in [0.5, 0.6) is 0 Å². The first-order valence-corrected chi connectivity index (χ1v) is 5.78. The van der Waals surface area contributed by atoms with Crippen LogP contribution >= 0.6 is 0 Å². The molecule has 0 aliphatic carbocycles. The summed E-state index contributed by atoms with van der Waals surface area (Å²) < 4.78 is 10.6. The highest BCUT2D eigenvalue weighted by molar-refractivity contribution is 5.80. The zero-order valence-electron chi connectivity index (χ0n) is 10.1. The summed E-state index contributed by atoms with van der Waals surface area (Å²) in [6.45, 7) is 4.61. The molecule has 1 aliphatic heterocycles. The molecule has 1 saturated heterocycles. The molecule has 0 bridgehead atoms. The van der Waals surface area contributed by atoms with Crippen molar-refractivity contribution in [2.45, 2.75) is 25.9 Å². The monoisotopic (exact) mass is 238 g/mol. The number of nitrogens with one attached hydrogen (secondary N) is 1. The van der Waals surface area contributed by atoms with Gasteiger partial charge in [0.2, 0.25) is 5.91 Å². The average Bonchev–Trinajstić information content (AvgIpc) is 2.86. The van der Waals surface area contributed by atoms with E-state index in [2.05, 4.69) is 5.32 Å². The molecular formula is C12H18N2O3. The summed E-state index contributed by atoms with van der Waals surface area (Å²) >= 11 is 0. The van der Waals surface area contributed by atoms with Crippen molar-refractivity contribution in [1.29, 1.82) is 0 Å². The van der Waals surface area contributed by atoms with Crippen molar-refractivity contribution in [1.82, 2.24) is 5.32 Å². The lowest BCUT2D eigenvalue weighted by Crippen LogP contribution is -2.41. The van der Waals surface area contributed by atoms with Gasteiger partial charge in [-0.3, -0.25) is 4.79 Å². The Labute approximate surface area is 100 Å². The molecule has 1 aromatic heterocycles. The molecule has 17 heavy (non-hydrogen) atoms. The van der Waals surface area contributed by atoms with E-state index in [4.69, 9.17) is 14.9 Å². The van der Waals surface area contributed by atoms with Gasteiger partial charge >= 0.3 is 0 Å². The highest BCUT2D eigenvalue weighted by Gasteiger charge is 2.32. The fourth-order valence-corrected chi connectivity index (χ4v) is 1.92. The van der Waals surface area contributed by atoms with Gasteiger partial charge in [0.25, 0.3) is 0 Å². The van der Waals surface area contributed by atoms with E-state index in [1.54, 1.807) is 0 Å². The molecule has 0 aromatic carbocycles. The minimum absolute atomic E-state index is 0.0726. The zero-order chi connectivity index (χ0) is 12.4. The molecule has 1 aliphatic rings. The van der Waals surface area contributed by atoms with Crippen LogP contribution in [0, 0.1) is 12.8 Å². The second kappa shape index (κ2) is 4.89. The molecule has 2 heterocycles. The molecule has 94 valence electrons. The quantitative estimate of drug-likeness (QED) is 0.814. The molecule has 1 aromatic rings. The predicted molar refractivity (Wildman–Crippen MR) is 62.3 cm³/mol. The number of hydrogen-bond donors (Lipinski definition) is 2. The van der Waals surface area contributed by atoms with E-state index in [0.717, 1.165) is 11.5 Å². The van der Waals surface area contributed by atoms with E-state index in [1.807, 2.05) is 26.0 Å². The fraction of sp³-hybridized carbons (Fsp3) is 0.583. The molecule has 2 rings (SSSR count). The van der Waals surface area contributed by atoms with Gasteiger partial charge in [0.15, 0.2) is 0 Å². The van der Waals surface area contributed by atoms with Crippen LogP contribution in [0.15, 0.2) is 16.5 Å². The molecule has 0 spiro atoms. The third kappa shape index (κ3) is 2.68. The van der Waals surface area contributed by atoms with Crippen molar-refractivity contribution in [3.63, 3.8) is 0 Å². The van der Waals surface area contributed by atoms with E-state index in [0.29, 0.717) is 13.2 Å². The number of rotatable bonds is 3. The Morgan fingerprint density at radius 2 is 2.29 bits per heavy atom. The van der Waals surface area contributed by atoms with Crippen molar-refractivity contribution >= 4 is 5.91 Å². The molecular weight excluding hydrogens is 220 g/mol. The lowest BCUT2D eigenvalue weighted by atomic mass is 10.0. The van der Waals surface area contributed by atoms with Crippen LogP contribution < -0.4 is 11.1 Å². The number of ether oxygens (including phenoxy) is 1. The minimum Gasteiger partial charge on any atom is -0.464 e. The standard InChI is InChI=1S/C12H18N2O3/c1-7-3-4-11(17-7)8(2)14-12(15)9-5-16-6-10(9)13/h3-4,8-10H,5-6,13H2,1-2H3,(H,14,15). The van der Waals surface area contributed by atoms with Gasteiger partial charge in [-0.05, 0) is 26.0 Å². The second-order valence-corrected chi connectivity index (χ2v) is 4.49. The number of carbonyl (C=O) groups excluding carboxylic acids is 1. The van der Waals surface area contributed by atoms with Gasteiger partial charge in [-0.25, -0.2) is 0 Å². The van der Waals surface area contributed by atoms with Gasteiger partial charge in [-0.1, -0.05) is 0 Å². The van der Waals surface area contributed by atoms with Crippen LogP contribution in [-0.4, -0.2) is 25.2 Å². The van der Waals surface area contributed by atoms with Crippen molar-refractivity contribution in [2.75, 3.05) is 13.2 Å². The van der Waals surface area contributed by atoms with E-state index in [9.17, 15) is 4.79 Å². The van der Waals surface area contributed by atoms with Crippen molar-refractivity contribution in [2.24, 2.45) is 11.7 Å². The number of nitrogens with two attached hydrogens (primary N) is 1. The van der Waals surface area contributed by atoms with Crippen LogP contribution in [-0.2, 0) is 9.53 Å². The first-order chi connectivity index (χ1) is 8.08. The maximum atomic E-state index is 11.9. The summed E-state index contributed by atoms with van der Waals surface area (Å²) in [5.41, 5.74) is 5.79. The Bertz CT molecular complexity index is 402. The SMILES string of the molecule is Cc1ccc(C(C)NC(=O)C2COCC2N)o1. The Morgan fingerprint density at radius 1 is 1.53 bits per heavy atom. The van der Waals surface area contributed by atoms with Crippen molar-refractivity contribution in [3.05, 3.63) is 23.7 Å². The summed E-state index contributed by atoms with van der Waals surface area (Å²) in [4.78, 5) is 11.9. The van der Waals surface area contributed by atoms with Crippen molar-refractivity contribution < 1.29 is 13.9 Å². The molecule has 0 radical (unpaired) electrons. The molecule has 1 amide bonds. The number of furan rings is 1. The van der Waals surface area contributed by atoms with Gasteiger partial charge in [0.05, 0.1) is 25.2 Å². The van der Waals surface area contributed by atoms with Crippen LogP contribution in [0.4, 0.5) is 0 Å². The summed E-state index contributed by atoms with van der Waals surface area (Å²) in [6.07, 6.45) is 0. The highest BCUT2D eigenvalue weighted by Crippen LogP contribution is 2.18. The maximum Gasteiger partial charge on any atom is 0.227 e. The van der Waals surface area contributed by atoms with Crippen LogP contribution in [0.1, 0.15) is 24.5 Å². The highest BCUT2D eigenvalue weighted by atomic mass is 16.5. The van der Waals surface area contributed by atoms with E-state index in [1.165, 1.54) is 0 Å². The molecule has 0 saturated carbocycles. The number of carbonyl (C=O) groups is 1. The smallest absolute Gasteiger partial charge is 0.227 e.